The number of amides is 3. The van der Waals surface area contributed by atoms with Gasteiger partial charge in [0, 0.05) is 36.9 Å². The minimum absolute atomic E-state index is 0.235. The van der Waals surface area contributed by atoms with Gasteiger partial charge in [0.25, 0.3) is 5.91 Å². The molecule has 132 valence electrons. The minimum Gasteiger partial charge on any atom is -0.369 e. The van der Waals surface area contributed by atoms with E-state index < -0.39 is 6.10 Å². The van der Waals surface area contributed by atoms with Crippen LogP contribution >= 0.6 is 0 Å². The second-order valence-corrected chi connectivity index (χ2v) is 5.33. The number of anilines is 2. The highest BCUT2D eigenvalue weighted by atomic mass is 16.5. The molecular formula is C18H22N4O3. The van der Waals surface area contributed by atoms with E-state index in [1.54, 1.807) is 43.6 Å². The predicted octanol–water partition coefficient (Wildman–Crippen LogP) is 2.77. The van der Waals surface area contributed by atoms with Gasteiger partial charge in [0.15, 0.2) is 0 Å². The van der Waals surface area contributed by atoms with Gasteiger partial charge in [-0.3, -0.25) is 9.78 Å². The summed E-state index contributed by atoms with van der Waals surface area (Å²) in [5.74, 6) is -0.235. The number of pyridine rings is 1. The monoisotopic (exact) mass is 342 g/mol. The van der Waals surface area contributed by atoms with E-state index in [0.29, 0.717) is 24.5 Å². The van der Waals surface area contributed by atoms with E-state index >= 15 is 0 Å². The molecule has 0 radical (unpaired) electrons. The van der Waals surface area contributed by atoms with Crippen molar-refractivity contribution >= 4 is 23.3 Å². The first-order valence-electron chi connectivity index (χ1n) is 8.04. The van der Waals surface area contributed by atoms with Crippen molar-refractivity contribution in [3.63, 3.8) is 0 Å². The second kappa shape index (κ2) is 9.39. The van der Waals surface area contributed by atoms with Crippen molar-refractivity contribution in [2.75, 3.05) is 17.2 Å². The van der Waals surface area contributed by atoms with E-state index in [4.69, 9.17) is 4.74 Å². The Kier molecular flexibility index (Phi) is 6.91. The van der Waals surface area contributed by atoms with E-state index in [1.807, 2.05) is 19.1 Å². The summed E-state index contributed by atoms with van der Waals surface area (Å²) in [6, 6.07) is 10.3. The summed E-state index contributed by atoms with van der Waals surface area (Å²) in [5.41, 5.74) is 2.12. The number of carbonyl (C=O) groups is 2. The number of carbonyl (C=O) groups excluding carboxylic acids is 2. The second-order valence-electron chi connectivity index (χ2n) is 5.33. The summed E-state index contributed by atoms with van der Waals surface area (Å²) in [7, 11) is 0. The van der Waals surface area contributed by atoms with E-state index in [-0.39, 0.29) is 11.9 Å². The van der Waals surface area contributed by atoms with Crippen LogP contribution in [0, 0.1) is 0 Å². The van der Waals surface area contributed by atoms with Crippen molar-refractivity contribution in [3.05, 3.63) is 54.4 Å². The van der Waals surface area contributed by atoms with Crippen LogP contribution < -0.4 is 16.0 Å². The zero-order valence-electron chi connectivity index (χ0n) is 14.3. The van der Waals surface area contributed by atoms with Crippen molar-refractivity contribution < 1.29 is 14.3 Å². The molecule has 0 aliphatic carbocycles. The van der Waals surface area contributed by atoms with Gasteiger partial charge in [-0.05, 0) is 49.7 Å². The maximum absolute atomic E-state index is 12.0. The molecule has 3 N–H and O–H groups in total. The minimum atomic E-state index is -0.537. The topological polar surface area (TPSA) is 92.4 Å². The molecule has 3 amide bonds. The SMILES string of the molecule is CCO[C@@H](C)C(=O)Nc1cccc(NC(=O)NCc2ccncc2)c1. The highest BCUT2D eigenvalue weighted by molar-refractivity contribution is 5.95. The van der Waals surface area contributed by atoms with Crippen LogP contribution in [0.15, 0.2) is 48.8 Å². The number of hydrogen-bond acceptors (Lipinski definition) is 4. The van der Waals surface area contributed by atoms with Gasteiger partial charge in [0.1, 0.15) is 6.10 Å². The van der Waals surface area contributed by atoms with Crippen molar-refractivity contribution in [1.29, 1.82) is 0 Å². The summed E-state index contributed by atoms with van der Waals surface area (Å²) < 4.78 is 5.25. The summed E-state index contributed by atoms with van der Waals surface area (Å²) >= 11 is 0. The molecule has 2 rings (SSSR count). The van der Waals surface area contributed by atoms with Crippen LogP contribution in [0.5, 0.6) is 0 Å². The molecule has 7 heteroatoms. The van der Waals surface area contributed by atoms with E-state index in [1.165, 1.54) is 0 Å². The average molecular weight is 342 g/mol. The lowest BCUT2D eigenvalue weighted by Crippen LogP contribution is -2.29. The summed E-state index contributed by atoms with van der Waals surface area (Å²) in [4.78, 5) is 27.8. The maximum Gasteiger partial charge on any atom is 0.319 e. The summed E-state index contributed by atoms with van der Waals surface area (Å²) in [6.45, 7) is 4.39. The van der Waals surface area contributed by atoms with Crippen LogP contribution in [0.25, 0.3) is 0 Å². The normalized spacial score (nSPS) is 11.4. The van der Waals surface area contributed by atoms with E-state index in [9.17, 15) is 9.59 Å². The average Bonchev–Trinajstić information content (AvgIpc) is 2.61. The zero-order chi connectivity index (χ0) is 18.1. The first-order valence-corrected chi connectivity index (χ1v) is 8.04. The molecule has 0 unspecified atom stereocenters. The molecule has 0 saturated carbocycles. The number of benzene rings is 1. The van der Waals surface area contributed by atoms with Crippen LogP contribution in [-0.4, -0.2) is 29.6 Å². The lowest BCUT2D eigenvalue weighted by molar-refractivity contribution is -0.126. The molecule has 0 spiro atoms. The van der Waals surface area contributed by atoms with Gasteiger partial charge >= 0.3 is 6.03 Å². The third kappa shape index (κ3) is 6.23. The Bertz CT molecular complexity index is 706. The Morgan fingerprint density at radius 2 is 1.80 bits per heavy atom. The van der Waals surface area contributed by atoms with Crippen LogP contribution in [0.4, 0.5) is 16.2 Å². The molecule has 0 aliphatic rings. The number of ether oxygens (including phenoxy) is 1. The molecule has 0 bridgehead atoms. The first kappa shape index (κ1) is 18.4. The number of nitrogens with zero attached hydrogens (tertiary/aromatic N) is 1. The smallest absolute Gasteiger partial charge is 0.319 e. The van der Waals surface area contributed by atoms with Crippen LogP contribution in [0.2, 0.25) is 0 Å². The lowest BCUT2D eigenvalue weighted by Gasteiger charge is -2.13. The van der Waals surface area contributed by atoms with Crippen molar-refractivity contribution in [2.45, 2.75) is 26.5 Å². The Labute approximate surface area is 146 Å². The molecule has 0 saturated heterocycles. The summed E-state index contributed by atoms with van der Waals surface area (Å²) in [5, 5.41) is 8.24. The molecule has 2 aromatic rings. The van der Waals surface area contributed by atoms with Gasteiger partial charge in [-0.25, -0.2) is 4.79 Å². The Balaban J connectivity index is 1.88. The number of aromatic nitrogens is 1. The molecule has 1 aromatic carbocycles. The lowest BCUT2D eigenvalue weighted by atomic mass is 10.2. The van der Waals surface area contributed by atoms with Gasteiger partial charge in [-0.15, -0.1) is 0 Å². The highest BCUT2D eigenvalue weighted by Gasteiger charge is 2.12. The van der Waals surface area contributed by atoms with Gasteiger partial charge in [0.05, 0.1) is 0 Å². The number of nitrogens with one attached hydrogen (secondary N) is 3. The highest BCUT2D eigenvalue weighted by Crippen LogP contribution is 2.15. The number of urea groups is 1. The molecular weight excluding hydrogens is 320 g/mol. The largest absolute Gasteiger partial charge is 0.369 e. The Hall–Kier alpha value is -2.93. The quantitative estimate of drug-likeness (QED) is 0.721. The third-order valence-electron chi connectivity index (χ3n) is 3.38. The van der Waals surface area contributed by atoms with Gasteiger partial charge in [-0.1, -0.05) is 6.07 Å². The fraction of sp³-hybridized carbons (Fsp3) is 0.278. The van der Waals surface area contributed by atoms with Gasteiger partial charge < -0.3 is 20.7 Å². The number of rotatable bonds is 7. The van der Waals surface area contributed by atoms with Gasteiger partial charge in [-0.2, -0.15) is 0 Å². The molecule has 0 aliphatic heterocycles. The predicted molar refractivity (Wildman–Crippen MR) is 96.3 cm³/mol. The first-order chi connectivity index (χ1) is 12.1. The van der Waals surface area contributed by atoms with Crippen LogP contribution in [-0.2, 0) is 16.1 Å². The Morgan fingerprint density at radius 3 is 2.48 bits per heavy atom. The molecule has 7 nitrogen and oxygen atoms in total. The third-order valence-corrected chi connectivity index (χ3v) is 3.38. The molecule has 1 atom stereocenters. The molecule has 0 fully saturated rings. The standard InChI is InChI=1S/C18H22N4O3/c1-3-25-13(2)17(23)21-15-5-4-6-16(11-15)22-18(24)20-12-14-7-9-19-10-8-14/h4-11,13H,3,12H2,1-2H3,(H,21,23)(H2,20,22,24)/t13-/m0/s1. The Morgan fingerprint density at radius 1 is 1.12 bits per heavy atom. The molecule has 1 heterocycles. The van der Waals surface area contributed by atoms with Crippen molar-refractivity contribution in [3.8, 4) is 0 Å². The van der Waals surface area contributed by atoms with Crippen LogP contribution in [0.1, 0.15) is 19.4 Å². The summed E-state index contributed by atoms with van der Waals surface area (Å²) in [6.07, 6.45) is 2.81. The molecule has 1 aromatic heterocycles. The fourth-order valence-electron chi connectivity index (χ4n) is 2.10. The number of hydrogen-bond donors (Lipinski definition) is 3. The fourth-order valence-corrected chi connectivity index (χ4v) is 2.10. The van der Waals surface area contributed by atoms with Crippen molar-refractivity contribution in [2.24, 2.45) is 0 Å². The van der Waals surface area contributed by atoms with Crippen LogP contribution in [0.3, 0.4) is 0 Å². The molecule has 25 heavy (non-hydrogen) atoms. The van der Waals surface area contributed by atoms with Crippen molar-refractivity contribution in [1.82, 2.24) is 10.3 Å². The zero-order valence-corrected chi connectivity index (χ0v) is 14.3. The maximum atomic E-state index is 12.0. The van der Waals surface area contributed by atoms with E-state index in [2.05, 4.69) is 20.9 Å². The van der Waals surface area contributed by atoms with E-state index in [0.717, 1.165) is 5.56 Å². The van der Waals surface area contributed by atoms with Gasteiger partial charge in [0.2, 0.25) is 0 Å².